The molecule has 0 radical (unpaired) electrons. The number of rotatable bonds is 3. The molecule has 0 saturated heterocycles. The van der Waals surface area contributed by atoms with Crippen LogP contribution in [0.1, 0.15) is 38.5 Å². The lowest BCUT2D eigenvalue weighted by Crippen LogP contribution is -2.44. The number of nitrogens with two attached hydrogens (primary N) is 1. The Morgan fingerprint density at radius 1 is 1.40 bits per heavy atom. The smallest absolute Gasteiger partial charge is 0.235 e. The Hall–Kier alpha value is -0.640. The summed E-state index contributed by atoms with van der Waals surface area (Å²) in [5.41, 5.74) is 5.19. The lowest BCUT2D eigenvalue weighted by Gasteiger charge is -2.28. The maximum absolute atomic E-state index is 12.2. The zero-order valence-corrected chi connectivity index (χ0v) is 9.98. The van der Waals surface area contributed by atoms with E-state index in [4.69, 9.17) is 18.0 Å². The molecule has 0 aromatic rings. The van der Waals surface area contributed by atoms with Gasteiger partial charge in [0.2, 0.25) is 5.91 Å². The van der Waals surface area contributed by atoms with Gasteiger partial charge in [0.05, 0.1) is 10.4 Å². The second-order valence-corrected chi connectivity index (χ2v) is 5.24. The zero-order chi connectivity index (χ0) is 11.1. The molecule has 2 N–H and O–H groups in total. The molecule has 0 atom stereocenters. The van der Waals surface area contributed by atoms with Crippen molar-refractivity contribution in [3.63, 3.8) is 0 Å². The predicted octanol–water partition coefficient (Wildman–Crippen LogP) is 1.45. The average molecular weight is 226 g/mol. The number of carbonyl (C=O) groups is 1. The van der Waals surface area contributed by atoms with Crippen molar-refractivity contribution in [1.29, 1.82) is 0 Å². The molecule has 2 saturated carbocycles. The minimum Gasteiger partial charge on any atom is -0.392 e. The maximum Gasteiger partial charge on any atom is 0.235 e. The summed E-state index contributed by atoms with van der Waals surface area (Å²) in [6.45, 7) is 0. The normalized spacial score (nSPS) is 23.8. The third-order valence-corrected chi connectivity index (χ3v) is 4.21. The van der Waals surface area contributed by atoms with Gasteiger partial charge in [0.1, 0.15) is 0 Å². The van der Waals surface area contributed by atoms with Crippen LogP contribution in [0.4, 0.5) is 0 Å². The topological polar surface area (TPSA) is 46.3 Å². The summed E-state index contributed by atoms with van der Waals surface area (Å²) in [4.78, 5) is 14.5. The fraction of sp³-hybridized carbons (Fsp3) is 0.818. The molecule has 84 valence electrons. The van der Waals surface area contributed by atoms with Gasteiger partial charge in [-0.1, -0.05) is 25.1 Å². The van der Waals surface area contributed by atoms with Crippen LogP contribution in [0, 0.1) is 5.41 Å². The molecule has 2 aliphatic carbocycles. The van der Waals surface area contributed by atoms with Crippen molar-refractivity contribution in [3.05, 3.63) is 0 Å². The Balaban J connectivity index is 2.04. The van der Waals surface area contributed by atoms with Gasteiger partial charge < -0.3 is 10.6 Å². The van der Waals surface area contributed by atoms with Crippen LogP contribution in [0.25, 0.3) is 0 Å². The third kappa shape index (κ3) is 1.75. The Morgan fingerprint density at radius 3 is 2.33 bits per heavy atom. The van der Waals surface area contributed by atoms with Gasteiger partial charge in [0, 0.05) is 13.1 Å². The van der Waals surface area contributed by atoms with Crippen molar-refractivity contribution in [2.75, 3.05) is 7.05 Å². The van der Waals surface area contributed by atoms with E-state index in [0.717, 1.165) is 25.7 Å². The maximum atomic E-state index is 12.2. The highest BCUT2D eigenvalue weighted by molar-refractivity contribution is 7.80. The second kappa shape index (κ2) is 3.74. The number of nitrogens with zero attached hydrogens (tertiary/aromatic N) is 1. The first-order valence-electron chi connectivity index (χ1n) is 5.65. The molecule has 15 heavy (non-hydrogen) atoms. The van der Waals surface area contributed by atoms with Gasteiger partial charge in [-0.3, -0.25) is 4.79 Å². The van der Waals surface area contributed by atoms with Gasteiger partial charge in [-0.05, 0) is 25.7 Å². The van der Waals surface area contributed by atoms with E-state index in [0.29, 0.717) is 11.0 Å². The van der Waals surface area contributed by atoms with Gasteiger partial charge in [-0.15, -0.1) is 0 Å². The van der Waals surface area contributed by atoms with E-state index < -0.39 is 5.41 Å². The van der Waals surface area contributed by atoms with Crippen LogP contribution >= 0.6 is 12.2 Å². The zero-order valence-electron chi connectivity index (χ0n) is 9.16. The van der Waals surface area contributed by atoms with Gasteiger partial charge in [-0.2, -0.15) is 0 Å². The summed E-state index contributed by atoms with van der Waals surface area (Å²) in [6.07, 6.45) is 6.44. The number of amides is 1. The summed E-state index contributed by atoms with van der Waals surface area (Å²) >= 11 is 4.99. The van der Waals surface area contributed by atoms with Crippen LogP contribution < -0.4 is 5.73 Å². The van der Waals surface area contributed by atoms with Crippen LogP contribution in [0.3, 0.4) is 0 Å². The van der Waals surface area contributed by atoms with Crippen molar-refractivity contribution >= 4 is 23.1 Å². The van der Waals surface area contributed by atoms with Crippen molar-refractivity contribution in [2.45, 2.75) is 44.6 Å². The summed E-state index contributed by atoms with van der Waals surface area (Å²) < 4.78 is 0. The number of carbonyl (C=O) groups excluding carboxylic acids is 1. The van der Waals surface area contributed by atoms with E-state index in [1.807, 2.05) is 11.9 Å². The highest BCUT2D eigenvalue weighted by Crippen LogP contribution is 2.48. The number of hydrogen-bond acceptors (Lipinski definition) is 2. The Bertz CT molecular complexity index is 293. The fourth-order valence-electron chi connectivity index (χ4n) is 2.49. The first-order chi connectivity index (χ1) is 7.08. The van der Waals surface area contributed by atoms with Gasteiger partial charge in [0.25, 0.3) is 0 Å². The van der Waals surface area contributed by atoms with Crippen molar-refractivity contribution < 1.29 is 4.79 Å². The monoisotopic (exact) mass is 226 g/mol. The van der Waals surface area contributed by atoms with E-state index in [9.17, 15) is 4.79 Å². The molecule has 2 rings (SSSR count). The average Bonchev–Trinajstić information content (AvgIpc) is 2.85. The van der Waals surface area contributed by atoms with E-state index in [1.165, 1.54) is 12.8 Å². The minimum atomic E-state index is -0.466. The molecule has 0 spiro atoms. The molecule has 0 aromatic heterocycles. The predicted molar refractivity (Wildman–Crippen MR) is 63.5 cm³/mol. The second-order valence-electron chi connectivity index (χ2n) is 4.80. The van der Waals surface area contributed by atoms with Gasteiger partial charge >= 0.3 is 0 Å². The quantitative estimate of drug-likeness (QED) is 0.741. The molecule has 1 amide bonds. The number of hydrogen-bond donors (Lipinski definition) is 1. The molecule has 0 bridgehead atoms. The molecule has 2 aliphatic rings. The highest BCUT2D eigenvalue weighted by atomic mass is 32.1. The third-order valence-electron chi connectivity index (χ3n) is 3.82. The Kier molecular flexibility index (Phi) is 2.71. The van der Waals surface area contributed by atoms with Gasteiger partial charge in [0.15, 0.2) is 0 Å². The largest absolute Gasteiger partial charge is 0.392 e. The van der Waals surface area contributed by atoms with Crippen molar-refractivity contribution in [1.82, 2.24) is 4.90 Å². The van der Waals surface area contributed by atoms with Crippen LogP contribution in [0.15, 0.2) is 0 Å². The minimum absolute atomic E-state index is 0.155. The fourth-order valence-corrected chi connectivity index (χ4v) is 2.78. The lowest BCUT2D eigenvalue weighted by molar-refractivity contribution is -0.135. The Labute approximate surface area is 96.0 Å². The first-order valence-corrected chi connectivity index (χ1v) is 6.06. The SMILES string of the molecule is CN(C(=O)C1(C(N)=S)CC1)C1CCCC1. The molecule has 3 nitrogen and oxygen atoms in total. The van der Waals surface area contributed by atoms with Crippen LogP contribution in [0.5, 0.6) is 0 Å². The van der Waals surface area contributed by atoms with Crippen LogP contribution in [-0.4, -0.2) is 28.9 Å². The van der Waals surface area contributed by atoms with E-state index in [-0.39, 0.29) is 5.91 Å². The molecule has 0 aromatic carbocycles. The molecule has 2 fully saturated rings. The van der Waals surface area contributed by atoms with Crippen molar-refractivity contribution in [2.24, 2.45) is 11.1 Å². The van der Waals surface area contributed by atoms with E-state index in [2.05, 4.69) is 0 Å². The molecule has 0 unspecified atom stereocenters. The molecular weight excluding hydrogens is 208 g/mol. The van der Waals surface area contributed by atoms with Crippen LogP contribution in [-0.2, 0) is 4.79 Å². The van der Waals surface area contributed by atoms with E-state index in [1.54, 1.807) is 0 Å². The molecular formula is C11H18N2OS. The van der Waals surface area contributed by atoms with E-state index >= 15 is 0 Å². The first kappa shape index (κ1) is 10.9. The number of thiocarbonyl (C=S) groups is 1. The van der Waals surface area contributed by atoms with Crippen LogP contribution in [0.2, 0.25) is 0 Å². The molecule has 0 aliphatic heterocycles. The summed E-state index contributed by atoms with van der Waals surface area (Å²) in [5, 5.41) is 0. The summed E-state index contributed by atoms with van der Waals surface area (Å²) in [5.74, 6) is 0.155. The lowest BCUT2D eigenvalue weighted by atomic mass is 10.0. The summed E-state index contributed by atoms with van der Waals surface area (Å²) in [7, 11) is 1.90. The molecule has 0 heterocycles. The highest BCUT2D eigenvalue weighted by Gasteiger charge is 2.54. The summed E-state index contributed by atoms with van der Waals surface area (Å²) in [6, 6.07) is 0.421. The van der Waals surface area contributed by atoms with Crippen molar-refractivity contribution in [3.8, 4) is 0 Å². The standard InChI is InChI=1S/C11H18N2OS/c1-13(8-4-2-3-5-8)10(14)11(6-7-11)9(12)15/h8H,2-7H2,1H3,(H2,12,15). The molecule has 4 heteroatoms. The Morgan fingerprint density at radius 2 is 1.93 bits per heavy atom. The van der Waals surface area contributed by atoms with Gasteiger partial charge in [-0.25, -0.2) is 0 Å².